The number of benzene rings is 3. The number of nitrogens with zero attached hydrogens (tertiary/aromatic N) is 1. The van der Waals surface area contributed by atoms with Crippen molar-refractivity contribution in [3.8, 4) is 29.5 Å². The third-order valence-corrected chi connectivity index (χ3v) is 4.76. The van der Waals surface area contributed by atoms with E-state index in [1.807, 2.05) is 36.4 Å². The zero-order chi connectivity index (χ0) is 19.8. The molecule has 0 radical (unpaired) electrons. The molecule has 0 aliphatic heterocycles. The molecule has 0 aromatic heterocycles. The summed E-state index contributed by atoms with van der Waals surface area (Å²) in [7, 11) is 0. The van der Waals surface area contributed by atoms with Gasteiger partial charge in [0.15, 0.2) is 0 Å². The van der Waals surface area contributed by atoms with Gasteiger partial charge in [-0.1, -0.05) is 17.8 Å². The van der Waals surface area contributed by atoms with Crippen LogP contribution in [0.25, 0.3) is 0 Å². The molecule has 28 heavy (non-hydrogen) atoms. The van der Waals surface area contributed by atoms with Crippen molar-refractivity contribution in [3.05, 3.63) is 89.5 Å². The van der Waals surface area contributed by atoms with Gasteiger partial charge in [0.2, 0.25) is 0 Å². The van der Waals surface area contributed by atoms with Crippen molar-refractivity contribution in [1.29, 1.82) is 0 Å². The number of halogens is 3. The second kappa shape index (κ2) is 10.8. The summed E-state index contributed by atoms with van der Waals surface area (Å²) in [6, 6.07) is 24.8. The Balaban J connectivity index is 2.07. The van der Waals surface area contributed by atoms with Crippen molar-refractivity contribution in [2.45, 2.75) is 0 Å². The minimum atomic E-state index is 0.999. The number of hydrogen-bond donors (Lipinski definition) is 0. The molecule has 134 valence electrons. The van der Waals surface area contributed by atoms with Gasteiger partial charge in [-0.2, -0.15) is 0 Å². The Morgan fingerprint density at radius 2 is 0.679 bits per heavy atom. The smallest absolute Gasteiger partial charge is 0.0462 e. The van der Waals surface area contributed by atoms with Gasteiger partial charge in [-0.15, -0.1) is 0 Å². The van der Waals surface area contributed by atoms with E-state index in [2.05, 4.69) is 139 Å². The average molecular weight is 695 g/mol. The van der Waals surface area contributed by atoms with Gasteiger partial charge in [0.25, 0.3) is 0 Å². The Labute approximate surface area is 206 Å². The summed E-state index contributed by atoms with van der Waals surface area (Å²) < 4.78 is 8.74. The highest BCUT2D eigenvalue weighted by molar-refractivity contribution is 14.1. The normalized spacial score (nSPS) is 9.11. The van der Waals surface area contributed by atoms with Crippen molar-refractivity contribution in [2.75, 3.05) is 4.90 Å². The van der Waals surface area contributed by atoms with Gasteiger partial charge < -0.3 is 4.90 Å². The third kappa shape index (κ3) is 5.44. The van der Waals surface area contributed by atoms with Crippen LogP contribution in [-0.2, 0) is 0 Å². The van der Waals surface area contributed by atoms with Crippen LogP contribution < -0.4 is 4.90 Å². The van der Waals surface area contributed by atoms with E-state index in [1.54, 1.807) is 0 Å². The van der Waals surface area contributed by atoms with Crippen LogP contribution in [0.5, 0.6) is 0 Å². The van der Waals surface area contributed by atoms with Crippen LogP contribution in [0.15, 0.2) is 72.8 Å². The van der Waals surface area contributed by atoms with Crippen LogP contribution in [0.4, 0.5) is 17.1 Å². The fraction of sp³-hybridized carbons (Fsp3) is 0. The maximum absolute atomic E-state index is 3.08. The molecule has 0 saturated carbocycles. The highest BCUT2D eigenvalue weighted by Crippen LogP contribution is 2.34. The molecule has 3 rings (SSSR count). The highest BCUT2D eigenvalue weighted by atomic mass is 127. The Bertz CT molecular complexity index is 978. The van der Waals surface area contributed by atoms with Gasteiger partial charge in [-0.05, 0) is 84.6 Å². The summed E-state index contributed by atoms with van der Waals surface area (Å²) in [5, 5.41) is 0. The van der Waals surface area contributed by atoms with E-state index >= 15 is 0 Å². The predicted molar refractivity (Wildman–Crippen MR) is 144 cm³/mol. The highest BCUT2D eigenvalue weighted by Gasteiger charge is 2.12. The molecule has 0 unspecified atom stereocenters. The molecule has 3 aromatic rings. The second-order valence-electron chi connectivity index (χ2n) is 5.63. The summed E-state index contributed by atoms with van der Waals surface area (Å²) in [5.41, 5.74) is 6.20. The zero-order valence-corrected chi connectivity index (χ0v) is 21.0. The lowest BCUT2D eigenvalue weighted by Gasteiger charge is -2.25. The molecular formula is C24H12I3N. The molecule has 0 aliphatic rings. The maximum Gasteiger partial charge on any atom is 0.0462 e. The summed E-state index contributed by atoms with van der Waals surface area (Å²) in [4.78, 5) is 2.21. The molecule has 0 saturated heterocycles. The van der Waals surface area contributed by atoms with E-state index in [9.17, 15) is 0 Å². The van der Waals surface area contributed by atoms with E-state index in [0.29, 0.717) is 0 Å². The second-order valence-corrected chi connectivity index (χ2v) is 7.25. The summed E-state index contributed by atoms with van der Waals surface area (Å²) in [6.45, 7) is 0. The predicted octanol–water partition coefficient (Wildman–Crippen LogP) is 7.39. The quantitative estimate of drug-likeness (QED) is 0.204. The third-order valence-electron chi connectivity index (χ3n) is 3.95. The Morgan fingerprint density at radius 3 is 0.893 bits per heavy atom. The van der Waals surface area contributed by atoms with Crippen LogP contribution in [-0.4, -0.2) is 0 Å². The lowest BCUT2D eigenvalue weighted by molar-refractivity contribution is 1.28. The molecule has 0 N–H and O–H groups in total. The molecule has 0 spiro atoms. The minimum Gasteiger partial charge on any atom is -0.311 e. The van der Waals surface area contributed by atoms with Gasteiger partial charge >= 0.3 is 0 Å². The van der Waals surface area contributed by atoms with Crippen LogP contribution in [0.3, 0.4) is 0 Å². The number of hydrogen-bond acceptors (Lipinski definition) is 1. The molecule has 4 heteroatoms. The zero-order valence-electron chi connectivity index (χ0n) is 14.5. The first-order valence-corrected chi connectivity index (χ1v) is 11.4. The van der Waals surface area contributed by atoms with Crippen LogP contribution in [0, 0.1) is 29.5 Å². The molecule has 0 bridgehead atoms. The van der Waals surface area contributed by atoms with Crippen LogP contribution in [0.1, 0.15) is 16.7 Å². The van der Waals surface area contributed by atoms with Crippen molar-refractivity contribution in [1.82, 2.24) is 0 Å². The van der Waals surface area contributed by atoms with Crippen LogP contribution in [0.2, 0.25) is 0 Å². The van der Waals surface area contributed by atoms with Crippen molar-refractivity contribution in [2.24, 2.45) is 0 Å². The largest absolute Gasteiger partial charge is 0.311 e. The lowest BCUT2D eigenvalue weighted by Crippen LogP contribution is -2.09. The molecule has 0 fully saturated rings. The SMILES string of the molecule is IC#Cc1ccc(N(c2ccc(C#CI)cc2)c2ccc(C#CI)cc2)cc1. The van der Waals surface area contributed by atoms with Gasteiger partial charge in [-0.3, -0.25) is 0 Å². The number of anilines is 3. The average Bonchev–Trinajstić information content (AvgIpc) is 2.73. The summed E-state index contributed by atoms with van der Waals surface area (Å²) in [5.74, 6) is 9.25. The molecule has 1 nitrogen and oxygen atoms in total. The first-order chi connectivity index (χ1) is 13.7. The first kappa shape index (κ1) is 21.0. The first-order valence-electron chi connectivity index (χ1n) is 8.20. The van der Waals surface area contributed by atoms with Gasteiger partial charge in [-0.25, -0.2) is 0 Å². The van der Waals surface area contributed by atoms with Crippen molar-refractivity contribution >= 4 is 84.8 Å². The number of rotatable bonds is 3. The van der Waals surface area contributed by atoms with Gasteiger partial charge in [0, 0.05) is 102 Å². The summed E-state index contributed by atoms with van der Waals surface area (Å²) in [6.07, 6.45) is 0. The molecule has 0 amide bonds. The van der Waals surface area contributed by atoms with E-state index < -0.39 is 0 Å². The molecule has 0 aliphatic carbocycles. The van der Waals surface area contributed by atoms with E-state index in [4.69, 9.17) is 0 Å². The van der Waals surface area contributed by atoms with Crippen LogP contribution >= 0.6 is 67.8 Å². The van der Waals surface area contributed by atoms with E-state index in [1.165, 1.54) is 0 Å². The fourth-order valence-electron chi connectivity index (χ4n) is 2.69. The Hall–Kier alpha value is -1.67. The Kier molecular flexibility index (Phi) is 8.09. The molecular weight excluding hydrogens is 683 g/mol. The standard InChI is InChI=1S/C24H12I3N/c25-16-13-19-1-7-22(8-2-19)28(23-9-3-20(4-10-23)14-17-26)24-11-5-21(6-12-24)15-18-27/h1-12H. The van der Waals surface area contributed by atoms with E-state index in [0.717, 1.165) is 33.8 Å². The van der Waals surface area contributed by atoms with Crippen molar-refractivity contribution in [3.63, 3.8) is 0 Å². The maximum atomic E-state index is 3.08. The fourth-order valence-corrected chi connectivity index (χ4v) is 3.63. The molecule has 0 atom stereocenters. The van der Waals surface area contributed by atoms with Gasteiger partial charge in [0.05, 0.1) is 0 Å². The molecule has 3 aromatic carbocycles. The Morgan fingerprint density at radius 1 is 0.429 bits per heavy atom. The van der Waals surface area contributed by atoms with Gasteiger partial charge in [0.1, 0.15) is 0 Å². The summed E-state index contributed by atoms with van der Waals surface area (Å²) >= 11 is 6.17. The molecule has 0 heterocycles. The lowest BCUT2D eigenvalue weighted by atomic mass is 10.1. The minimum absolute atomic E-state index is 0.999. The monoisotopic (exact) mass is 695 g/mol. The topological polar surface area (TPSA) is 3.24 Å². The van der Waals surface area contributed by atoms with E-state index in [-0.39, 0.29) is 0 Å². The van der Waals surface area contributed by atoms with Crippen molar-refractivity contribution < 1.29 is 0 Å².